The summed E-state index contributed by atoms with van der Waals surface area (Å²) >= 11 is 5.77. The van der Waals surface area contributed by atoms with Crippen LogP contribution in [0.25, 0.3) is 0 Å². The van der Waals surface area contributed by atoms with Crippen molar-refractivity contribution in [2.24, 2.45) is 0 Å². The second-order valence-electron chi connectivity index (χ2n) is 2.78. The monoisotopic (exact) mass is 183 g/mol. The molecule has 1 fully saturated rings. The first-order chi connectivity index (χ1) is 5.86. The number of nitrogens with zero attached hydrogens (tertiary/aromatic N) is 1. The first-order valence-electron chi connectivity index (χ1n) is 3.94. The first-order valence-corrected chi connectivity index (χ1v) is 4.32. The molecule has 0 N–H and O–H groups in total. The Morgan fingerprint density at radius 3 is 2.58 bits per heavy atom. The lowest BCUT2D eigenvalue weighted by atomic mass is 10.3. The van der Waals surface area contributed by atoms with Gasteiger partial charge >= 0.3 is 0 Å². The van der Waals surface area contributed by atoms with Crippen LogP contribution in [-0.4, -0.2) is 19.9 Å². The van der Waals surface area contributed by atoms with Gasteiger partial charge in [0.25, 0.3) is 0 Å². The summed E-state index contributed by atoms with van der Waals surface area (Å²) in [5.41, 5.74) is 1.18. The highest BCUT2D eigenvalue weighted by molar-refractivity contribution is 6.30. The summed E-state index contributed by atoms with van der Waals surface area (Å²) < 4.78 is 5.23. The molecule has 0 spiro atoms. The van der Waals surface area contributed by atoms with Gasteiger partial charge in [-0.2, -0.15) is 0 Å². The molecule has 0 aromatic heterocycles. The zero-order chi connectivity index (χ0) is 8.39. The fourth-order valence-corrected chi connectivity index (χ4v) is 1.40. The molecule has 0 radical (unpaired) electrons. The highest BCUT2D eigenvalue weighted by Gasteiger charge is 2.11. The zero-order valence-corrected chi connectivity index (χ0v) is 7.42. The predicted molar refractivity (Wildman–Crippen MR) is 49.6 cm³/mol. The molecular formula is C9H10ClNO. The number of benzene rings is 1. The van der Waals surface area contributed by atoms with Crippen LogP contribution in [0.4, 0.5) is 5.69 Å². The molecule has 1 aromatic rings. The molecule has 0 atom stereocenters. The van der Waals surface area contributed by atoms with E-state index in [1.165, 1.54) is 5.69 Å². The van der Waals surface area contributed by atoms with Gasteiger partial charge in [-0.3, -0.25) is 0 Å². The smallest absolute Gasteiger partial charge is 0.119 e. The SMILES string of the molecule is Clc1ccc(N2CCOC2)cc1. The minimum Gasteiger partial charge on any atom is -0.359 e. The third-order valence-corrected chi connectivity index (χ3v) is 2.20. The van der Waals surface area contributed by atoms with E-state index in [4.69, 9.17) is 16.3 Å². The summed E-state index contributed by atoms with van der Waals surface area (Å²) in [6.07, 6.45) is 0. The van der Waals surface area contributed by atoms with Crippen LogP contribution in [0, 0.1) is 0 Å². The van der Waals surface area contributed by atoms with Gasteiger partial charge in [-0.05, 0) is 24.3 Å². The van der Waals surface area contributed by atoms with Gasteiger partial charge in [-0.25, -0.2) is 0 Å². The Bertz CT molecular complexity index is 254. The van der Waals surface area contributed by atoms with Gasteiger partial charge in [0.15, 0.2) is 0 Å². The van der Waals surface area contributed by atoms with E-state index >= 15 is 0 Å². The van der Waals surface area contributed by atoms with Gasteiger partial charge in [0.1, 0.15) is 6.73 Å². The summed E-state index contributed by atoms with van der Waals surface area (Å²) in [7, 11) is 0. The van der Waals surface area contributed by atoms with Crippen molar-refractivity contribution >= 4 is 17.3 Å². The second kappa shape index (κ2) is 3.33. The molecule has 1 aromatic carbocycles. The number of hydrogen-bond acceptors (Lipinski definition) is 2. The Kier molecular flexibility index (Phi) is 2.19. The summed E-state index contributed by atoms with van der Waals surface area (Å²) in [6.45, 7) is 2.49. The van der Waals surface area contributed by atoms with Crippen LogP contribution in [0.1, 0.15) is 0 Å². The highest BCUT2D eigenvalue weighted by Crippen LogP contribution is 2.19. The molecule has 0 unspecified atom stereocenters. The van der Waals surface area contributed by atoms with Crippen LogP contribution in [0.3, 0.4) is 0 Å². The Morgan fingerprint density at radius 1 is 1.25 bits per heavy atom. The molecule has 12 heavy (non-hydrogen) atoms. The Labute approximate surface area is 76.7 Å². The van der Waals surface area contributed by atoms with E-state index in [9.17, 15) is 0 Å². The van der Waals surface area contributed by atoms with E-state index in [0.717, 1.165) is 18.2 Å². The number of ether oxygens (including phenoxy) is 1. The fourth-order valence-electron chi connectivity index (χ4n) is 1.27. The van der Waals surface area contributed by atoms with Crippen molar-refractivity contribution < 1.29 is 4.74 Å². The maximum Gasteiger partial charge on any atom is 0.119 e. The summed E-state index contributed by atoms with van der Waals surface area (Å²) in [4.78, 5) is 2.18. The van der Waals surface area contributed by atoms with Gasteiger partial charge in [-0.1, -0.05) is 11.6 Å². The van der Waals surface area contributed by atoms with E-state index in [1.807, 2.05) is 24.3 Å². The van der Waals surface area contributed by atoms with Crippen LogP contribution < -0.4 is 4.90 Å². The van der Waals surface area contributed by atoms with Crippen molar-refractivity contribution in [1.82, 2.24) is 0 Å². The van der Waals surface area contributed by atoms with Gasteiger partial charge < -0.3 is 9.64 Å². The third-order valence-electron chi connectivity index (χ3n) is 1.94. The molecule has 0 aliphatic carbocycles. The molecule has 1 aliphatic heterocycles. The number of anilines is 1. The van der Waals surface area contributed by atoms with Crippen molar-refractivity contribution in [2.75, 3.05) is 24.8 Å². The molecule has 1 saturated heterocycles. The van der Waals surface area contributed by atoms with Crippen LogP contribution in [0.15, 0.2) is 24.3 Å². The summed E-state index contributed by atoms with van der Waals surface area (Å²) in [6, 6.07) is 7.82. The van der Waals surface area contributed by atoms with Crippen LogP contribution >= 0.6 is 11.6 Å². The van der Waals surface area contributed by atoms with Crippen molar-refractivity contribution in [3.05, 3.63) is 29.3 Å². The number of rotatable bonds is 1. The lowest BCUT2D eigenvalue weighted by Gasteiger charge is -2.14. The van der Waals surface area contributed by atoms with E-state index < -0.39 is 0 Å². The maximum atomic E-state index is 5.77. The lowest BCUT2D eigenvalue weighted by Crippen LogP contribution is -2.18. The zero-order valence-electron chi connectivity index (χ0n) is 6.66. The van der Waals surface area contributed by atoms with Gasteiger partial charge in [0.2, 0.25) is 0 Å². The normalized spacial score (nSPS) is 16.9. The maximum absolute atomic E-state index is 5.77. The fraction of sp³-hybridized carbons (Fsp3) is 0.333. The summed E-state index contributed by atoms with van der Waals surface area (Å²) in [5, 5.41) is 0.777. The van der Waals surface area contributed by atoms with Crippen LogP contribution in [0.2, 0.25) is 5.02 Å². The summed E-state index contributed by atoms with van der Waals surface area (Å²) in [5.74, 6) is 0. The molecular weight excluding hydrogens is 174 g/mol. The van der Waals surface area contributed by atoms with Crippen molar-refractivity contribution in [2.45, 2.75) is 0 Å². The van der Waals surface area contributed by atoms with E-state index in [2.05, 4.69) is 4.90 Å². The average molecular weight is 184 g/mol. The topological polar surface area (TPSA) is 12.5 Å². The standard InChI is InChI=1S/C9H10ClNO/c10-8-1-3-9(4-2-8)11-5-6-12-7-11/h1-4H,5-7H2. The highest BCUT2D eigenvalue weighted by atomic mass is 35.5. The molecule has 2 rings (SSSR count). The second-order valence-corrected chi connectivity index (χ2v) is 3.21. The Morgan fingerprint density at radius 2 is 2.00 bits per heavy atom. The molecule has 1 heterocycles. The van der Waals surface area contributed by atoms with Crippen molar-refractivity contribution in [1.29, 1.82) is 0 Å². The van der Waals surface area contributed by atoms with Crippen molar-refractivity contribution in [3.8, 4) is 0 Å². The van der Waals surface area contributed by atoms with Crippen LogP contribution in [-0.2, 0) is 4.74 Å². The minimum absolute atomic E-state index is 0.696. The molecule has 2 nitrogen and oxygen atoms in total. The lowest BCUT2D eigenvalue weighted by molar-refractivity contribution is 0.201. The van der Waals surface area contributed by atoms with Gasteiger partial charge in [0, 0.05) is 17.3 Å². The molecule has 1 aliphatic rings. The van der Waals surface area contributed by atoms with E-state index in [-0.39, 0.29) is 0 Å². The molecule has 0 amide bonds. The minimum atomic E-state index is 0.696. The largest absolute Gasteiger partial charge is 0.359 e. The van der Waals surface area contributed by atoms with Gasteiger partial charge in [-0.15, -0.1) is 0 Å². The molecule has 3 heteroatoms. The van der Waals surface area contributed by atoms with Crippen molar-refractivity contribution in [3.63, 3.8) is 0 Å². The molecule has 0 saturated carbocycles. The third kappa shape index (κ3) is 1.54. The Hall–Kier alpha value is -0.730. The number of hydrogen-bond donors (Lipinski definition) is 0. The molecule has 64 valence electrons. The number of halogens is 1. The van der Waals surface area contributed by atoms with E-state index in [1.54, 1.807) is 0 Å². The Balaban J connectivity index is 2.17. The van der Waals surface area contributed by atoms with E-state index in [0.29, 0.717) is 6.73 Å². The van der Waals surface area contributed by atoms with Gasteiger partial charge in [0.05, 0.1) is 6.61 Å². The first kappa shape index (κ1) is 7.90. The predicted octanol–water partition coefficient (Wildman–Crippen LogP) is 2.13. The molecule has 0 bridgehead atoms. The average Bonchev–Trinajstić information content (AvgIpc) is 2.58. The quantitative estimate of drug-likeness (QED) is 0.662. The van der Waals surface area contributed by atoms with Crippen LogP contribution in [0.5, 0.6) is 0 Å².